The number of hydrogen-bond donors (Lipinski definition) is 2. The molecule has 0 aromatic rings. The Balaban J connectivity index is 0.00000289. The Labute approximate surface area is 118 Å². The van der Waals surface area contributed by atoms with Crippen molar-refractivity contribution in [3.63, 3.8) is 0 Å². The van der Waals surface area contributed by atoms with Gasteiger partial charge in [0, 0.05) is 11.5 Å². The molecule has 1 aliphatic rings. The zero-order valence-electron chi connectivity index (χ0n) is 12.6. The number of halogens is 1. The third-order valence-corrected chi connectivity index (χ3v) is 3.37. The van der Waals surface area contributed by atoms with E-state index in [1.807, 2.05) is 6.92 Å². The molecule has 1 unspecified atom stereocenters. The van der Waals surface area contributed by atoms with Crippen LogP contribution in [0.5, 0.6) is 0 Å². The van der Waals surface area contributed by atoms with Gasteiger partial charge in [-0.2, -0.15) is 0 Å². The largest absolute Gasteiger partial charge is 0.351 e. The van der Waals surface area contributed by atoms with E-state index < -0.39 is 0 Å². The molecule has 108 valence electrons. The van der Waals surface area contributed by atoms with Crippen LogP contribution in [0.4, 0.5) is 0 Å². The lowest BCUT2D eigenvalue weighted by atomic mass is 9.81. The quantitative estimate of drug-likeness (QED) is 0.829. The summed E-state index contributed by atoms with van der Waals surface area (Å²) in [4.78, 5) is 12.1. The Hall–Kier alpha value is -0.280. The highest BCUT2D eigenvalue weighted by Crippen LogP contribution is 2.27. The number of hydrogen-bond acceptors (Lipinski definition) is 2. The number of amides is 1. The van der Waals surface area contributed by atoms with Crippen molar-refractivity contribution in [2.75, 3.05) is 13.1 Å². The normalized spacial score (nSPS) is 18.6. The molecule has 1 atom stereocenters. The first-order valence-electron chi connectivity index (χ1n) is 6.63. The lowest BCUT2D eigenvalue weighted by Crippen LogP contribution is -2.53. The van der Waals surface area contributed by atoms with E-state index in [0.29, 0.717) is 5.92 Å². The van der Waals surface area contributed by atoms with Crippen LogP contribution in [-0.4, -0.2) is 24.5 Å². The van der Waals surface area contributed by atoms with Gasteiger partial charge in [0.05, 0.1) is 0 Å². The summed E-state index contributed by atoms with van der Waals surface area (Å²) in [6, 6.07) is 0. The molecule has 0 aromatic carbocycles. The number of nitrogens with one attached hydrogen (secondary N) is 2. The van der Waals surface area contributed by atoms with Gasteiger partial charge in [-0.25, -0.2) is 0 Å². The third-order valence-electron chi connectivity index (χ3n) is 3.37. The van der Waals surface area contributed by atoms with E-state index in [-0.39, 0.29) is 35.2 Å². The van der Waals surface area contributed by atoms with Crippen molar-refractivity contribution in [2.45, 2.75) is 53.5 Å². The van der Waals surface area contributed by atoms with Gasteiger partial charge in [-0.15, -0.1) is 12.4 Å². The fourth-order valence-electron chi connectivity index (χ4n) is 2.70. The summed E-state index contributed by atoms with van der Waals surface area (Å²) >= 11 is 0. The Bertz CT molecular complexity index is 280. The fourth-order valence-corrected chi connectivity index (χ4v) is 2.70. The van der Waals surface area contributed by atoms with Gasteiger partial charge in [0.15, 0.2) is 0 Å². The van der Waals surface area contributed by atoms with E-state index >= 15 is 0 Å². The first-order valence-corrected chi connectivity index (χ1v) is 6.63. The molecule has 4 heteroatoms. The molecule has 1 saturated heterocycles. The molecule has 1 rings (SSSR count). The van der Waals surface area contributed by atoms with Gasteiger partial charge in [0.25, 0.3) is 0 Å². The molecule has 0 radical (unpaired) electrons. The van der Waals surface area contributed by atoms with Crippen LogP contribution in [0, 0.1) is 17.3 Å². The Morgan fingerprint density at radius 1 is 1.28 bits per heavy atom. The Morgan fingerprint density at radius 3 is 2.11 bits per heavy atom. The zero-order valence-corrected chi connectivity index (χ0v) is 13.4. The molecule has 0 spiro atoms. The smallest absolute Gasteiger partial charge is 0.223 e. The highest BCUT2D eigenvalue weighted by Gasteiger charge is 2.33. The van der Waals surface area contributed by atoms with Crippen molar-refractivity contribution < 1.29 is 4.79 Å². The van der Waals surface area contributed by atoms with Gasteiger partial charge in [-0.1, -0.05) is 27.7 Å². The van der Waals surface area contributed by atoms with Crippen LogP contribution in [0.25, 0.3) is 0 Å². The third kappa shape index (κ3) is 5.57. The van der Waals surface area contributed by atoms with Gasteiger partial charge in [0.1, 0.15) is 0 Å². The van der Waals surface area contributed by atoms with Gasteiger partial charge in [-0.3, -0.25) is 4.79 Å². The van der Waals surface area contributed by atoms with Crippen LogP contribution in [0.15, 0.2) is 0 Å². The molecule has 1 heterocycles. The summed E-state index contributed by atoms with van der Waals surface area (Å²) in [7, 11) is 0. The average molecular weight is 277 g/mol. The topological polar surface area (TPSA) is 41.1 Å². The van der Waals surface area contributed by atoms with Gasteiger partial charge < -0.3 is 10.6 Å². The molecule has 3 nitrogen and oxygen atoms in total. The minimum absolute atomic E-state index is 0. The lowest BCUT2D eigenvalue weighted by molar-refractivity contribution is -0.128. The first kappa shape index (κ1) is 17.7. The highest BCUT2D eigenvalue weighted by molar-refractivity contribution is 5.85. The van der Waals surface area contributed by atoms with E-state index in [1.54, 1.807) is 0 Å². The van der Waals surface area contributed by atoms with Crippen molar-refractivity contribution >= 4 is 18.3 Å². The Morgan fingerprint density at radius 2 is 1.78 bits per heavy atom. The molecule has 2 N–H and O–H groups in total. The SMILES string of the molecule is CC(C(=O)NC(C)(C)CC(C)(C)C)C1CNC1.Cl. The maximum absolute atomic E-state index is 12.1. The molecule has 0 aromatic heterocycles. The van der Waals surface area contributed by atoms with Crippen molar-refractivity contribution in [1.29, 1.82) is 0 Å². The van der Waals surface area contributed by atoms with Crippen molar-refractivity contribution in [3.8, 4) is 0 Å². The maximum atomic E-state index is 12.1. The number of carbonyl (C=O) groups excluding carboxylic acids is 1. The molecule has 1 aliphatic heterocycles. The van der Waals surface area contributed by atoms with E-state index in [2.05, 4.69) is 45.3 Å². The van der Waals surface area contributed by atoms with Crippen LogP contribution in [0.2, 0.25) is 0 Å². The first-order chi connectivity index (χ1) is 7.61. The molecule has 0 bridgehead atoms. The highest BCUT2D eigenvalue weighted by atomic mass is 35.5. The van der Waals surface area contributed by atoms with E-state index in [9.17, 15) is 4.79 Å². The second-order valence-electron chi connectivity index (χ2n) is 7.32. The summed E-state index contributed by atoms with van der Waals surface area (Å²) in [5, 5.41) is 6.41. The zero-order chi connectivity index (χ0) is 13.3. The van der Waals surface area contributed by atoms with Crippen LogP contribution in [0.3, 0.4) is 0 Å². The molecule has 1 fully saturated rings. The molecular weight excluding hydrogens is 248 g/mol. The number of carbonyl (C=O) groups is 1. The second-order valence-corrected chi connectivity index (χ2v) is 7.32. The predicted octanol–water partition coefficient (Wildman–Crippen LogP) is 2.59. The molecular formula is C14H29ClN2O. The van der Waals surface area contributed by atoms with Crippen LogP contribution in [0.1, 0.15) is 48.0 Å². The summed E-state index contributed by atoms with van der Waals surface area (Å²) in [6.07, 6.45) is 0.987. The lowest BCUT2D eigenvalue weighted by Gasteiger charge is -2.37. The van der Waals surface area contributed by atoms with Crippen molar-refractivity contribution in [3.05, 3.63) is 0 Å². The molecule has 0 aliphatic carbocycles. The van der Waals surface area contributed by atoms with Crippen molar-refractivity contribution in [1.82, 2.24) is 10.6 Å². The van der Waals surface area contributed by atoms with E-state index in [4.69, 9.17) is 0 Å². The van der Waals surface area contributed by atoms with Crippen LogP contribution >= 0.6 is 12.4 Å². The Kier molecular flexibility index (Phi) is 6.15. The van der Waals surface area contributed by atoms with Crippen molar-refractivity contribution in [2.24, 2.45) is 17.3 Å². The van der Waals surface area contributed by atoms with Gasteiger partial charge >= 0.3 is 0 Å². The van der Waals surface area contributed by atoms with Crippen LogP contribution < -0.4 is 10.6 Å². The summed E-state index contributed by atoms with van der Waals surface area (Å²) in [5.74, 6) is 0.835. The summed E-state index contributed by atoms with van der Waals surface area (Å²) in [6.45, 7) is 14.8. The maximum Gasteiger partial charge on any atom is 0.223 e. The van der Waals surface area contributed by atoms with Crippen LogP contribution in [-0.2, 0) is 4.79 Å². The van der Waals surface area contributed by atoms with E-state index in [0.717, 1.165) is 19.5 Å². The number of rotatable bonds is 4. The standard InChI is InChI=1S/C14H28N2O.ClH/c1-10(11-7-15-8-11)12(17)16-14(5,6)9-13(2,3)4;/h10-11,15H,7-9H2,1-6H3,(H,16,17);1H. The average Bonchev–Trinajstić information content (AvgIpc) is 1.93. The molecule has 0 saturated carbocycles. The monoisotopic (exact) mass is 276 g/mol. The minimum Gasteiger partial charge on any atom is -0.351 e. The minimum atomic E-state index is -0.124. The fraction of sp³-hybridized carbons (Fsp3) is 0.929. The predicted molar refractivity (Wildman–Crippen MR) is 79.1 cm³/mol. The molecule has 18 heavy (non-hydrogen) atoms. The van der Waals surface area contributed by atoms with Gasteiger partial charge in [-0.05, 0) is 44.7 Å². The van der Waals surface area contributed by atoms with Gasteiger partial charge in [0.2, 0.25) is 5.91 Å². The van der Waals surface area contributed by atoms with E-state index in [1.165, 1.54) is 0 Å². The molecule has 1 amide bonds. The summed E-state index contributed by atoms with van der Waals surface area (Å²) < 4.78 is 0. The summed E-state index contributed by atoms with van der Waals surface area (Å²) in [5.41, 5.74) is 0.110. The second kappa shape index (κ2) is 6.25.